The molecule has 0 aliphatic carbocycles. The van der Waals surface area contributed by atoms with Gasteiger partial charge in [-0.25, -0.2) is 10.4 Å². The van der Waals surface area contributed by atoms with Gasteiger partial charge in [-0.15, -0.1) is 11.3 Å². The summed E-state index contributed by atoms with van der Waals surface area (Å²) < 4.78 is 6.85. The first kappa shape index (κ1) is 21.5. The van der Waals surface area contributed by atoms with E-state index >= 15 is 0 Å². The molecule has 4 aromatic rings. The van der Waals surface area contributed by atoms with Gasteiger partial charge in [-0.2, -0.15) is 5.10 Å². The van der Waals surface area contributed by atoms with Gasteiger partial charge in [0.25, 0.3) is 11.5 Å². The zero-order valence-electron chi connectivity index (χ0n) is 17.7. The molecule has 0 spiro atoms. The molecule has 0 fully saturated rings. The van der Waals surface area contributed by atoms with Crippen molar-refractivity contribution in [3.8, 4) is 16.9 Å². The van der Waals surface area contributed by atoms with Crippen molar-refractivity contribution < 1.29 is 9.53 Å². The van der Waals surface area contributed by atoms with E-state index in [2.05, 4.69) is 15.5 Å². The number of nitrogens with zero attached hydrogens (tertiary/aromatic N) is 3. The first-order chi connectivity index (χ1) is 15.6. The van der Waals surface area contributed by atoms with Crippen molar-refractivity contribution >= 4 is 33.7 Å². The van der Waals surface area contributed by atoms with Crippen molar-refractivity contribution in [1.82, 2.24) is 15.0 Å². The van der Waals surface area contributed by atoms with Crippen LogP contribution in [0, 0.1) is 6.92 Å². The largest absolute Gasteiger partial charge is 0.493 e. The number of amides is 1. The predicted molar refractivity (Wildman–Crippen MR) is 127 cm³/mol. The topological polar surface area (TPSA) is 85.6 Å². The third kappa shape index (κ3) is 4.45. The molecule has 0 aliphatic rings. The minimum atomic E-state index is -0.424. The Bertz CT molecular complexity index is 1340. The molecule has 0 bridgehead atoms. The van der Waals surface area contributed by atoms with Crippen LogP contribution in [-0.4, -0.2) is 28.3 Å². The van der Waals surface area contributed by atoms with Gasteiger partial charge in [0, 0.05) is 16.0 Å². The lowest BCUT2D eigenvalue weighted by molar-refractivity contribution is -0.121. The summed E-state index contributed by atoms with van der Waals surface area (Å²) in [6.45, 7) is 4.22. The van der Waals surface area contributed by atoms with Crippen molar-refractivity contribution in [1.29, 1.82) is 0 Å². The van der Waals surface area contributed by atoms with Gasteiger partial charge in [-0.3, -0.25) is 14.2 Å². The lowest BCUT2D eigenvalue weighted by Crippen LogP contribution is -2.30. The Balaban J connectivity index is 1.55. The van der Waals surface area contributed by atoms with Crippen LogP contribution in [0.1, 0.15) is 17.4 Å². The Morgan fingerprint density at radius 1 is 1.19 bits per heavy atom. The number of hydrazone groups is 1. The second-order valence-corrected chi connectivity index (χ2v) is 8.22. The van der Waals surface area contributed by atoms with E-state index in [-0.39, 0.29) is 12.1 Å². The predicted octanol–water partition coefficient (Wildman–Crippen LogP) is 3.98. The molecule has 4 rings (SSSR count). The van der Waals surface area contributed by atoms with Crippen LogP contribution < -0.4 is 15.7 Å². The molecule has 8 heteroatoms. The number of aromatic nitrogens is 2. The average Bonchev–Trinajstić information content (AvgIpc) is 3.14. The molecule has 7 nitrogen and oxygen atoms in total. The molecule has 0 saturated carbocycles. The van der Waals surface area contributed by atoms with E-state index in [1.54, 1.807) is 0 Å². The fourth-order valence-corrected chi connectivity index (χ4v) is 4.44. The zero-order valence-corrected chi connectivity index (χ0v) is 18.6. The molecule has 162 valence electrons. The Kier molecular flexibility index (Phi) is 6.42. The highest BCUT2D eigenvalue weighted by atomic mass is 32.1. The molecular formula is C24H22N4O3S. The van der Waals surface area contributed by atoms with Crippen LogP contribution in [0.25, 0.3) is 21.3 Å². The molecule has 0 saturated heterocycles. The van der Waals surface area contributed by atoms with Gasteiger partial charge >= 0.3 is 0 Å². The van der Waals surface area contributed by atoms with E-state index in [1.807, 2.05) is 68.4 Å². The van der Waals surface area contributed by atoms with Crippen LogP contribution in [-0.2, 0) is 11.3 Å². The quantitative estimate of drug-likeness (QED) is 0.344. The molecular weight excluding hydrogens is 424 g/mol. The molecule has 0 radical (unpaired) electrons. The normalized spacial score (nSPS) is 11.2. The SMILES string of the molecule is CCOc1ccccc1C=NNC(=O)Cn1cnc2sc(C)c(-c3ccccc3)c2c1=O. The smallest absolute Gasteiger partial charge is 0.263 e. The summed E-state index contributed by atoms with van der Waals surface area (Å²) in [5.74, 6) is 0.256. The number of nitrogens with one attached hydrogen (secondary N) is 1. The number of hydrogen-bond acceptors (Lipinski definition) is 6. The van der Waals surface area contributed by atoms with Gasteiger partial charge in [0.15, 0.2) is 0 Å². The van der Waals surface area contributed by atoms with Crippen LogP contribution in [0.4, 0.5) is 0 Å². The van der Waals surface area contributed by atoms with Crippen LogP contribution in [0.2, 0.25) is 0 Å². The first-order valence-corrected chi connectivity index (χ1v) is 11.0. The number of para-hydroxylation sites is 1. The Hall–Kier alpha value is -3.78. The van der Waals surface area contributed by atoms with E-state index in [1.165, 1.54) is 28.4 Å². The van der Waals surface area contributed by atoms with Crippen LogP contribution in [0.3, 0.4) is 0 Å². The number of fused-ring (bicyclic) bond motifs is 1. The number of benzene rings is 2. The van der Waals surface area contributed by atoms with Crippen molar-refractivity contribution in [2.24, 2.45) is 5.10 Å². The summed E-state index contributed by atoms with van der Waals surface area (Å²) in [5.41, 5.74) is 4.78. The first-order valence-electron chi connectivity index (χ1n) is 10.2. The highest BCUT2D eigenvalue weighted by molar-refractivity contribution is 7.19. The highest BCUT2D eigenvalue weighted by Crippen LogP contribution is 2.35. The third-order valence-corrected chi connectivity index (χ3v) is 5.86. The third-order valence-electron chi connectivity index (χ3n) is 4.84. The maximum absolute atomic E-state index is 13.2. The molecule has 0 atom stereocenters. The van der Waals surface area contributed by atoms with E-state index in [9.17, 15) is 9.59 Å². The van der Waals surface area contributed by atoms with Crippen LogP contribution in [0.5, 0.6) is 5.75 Å². The molecule has 2 aromatic carbocycles. The van der Waals surface area contributed by atoms with Crippen molar-refractivity contribution in [3.63, 3.8) is 0 Å². The molecule has 1 N–H and O–H groups in total. The maximum Gasteiger partial charge on any atom is 0.263 e. The van der Waals surface area contributed by atoms with Gasteiger partial charge in [-0.1, -0.05) is 42.5 Å². The van der Waals surface area contributed by atoms with E-state index in [0.717, 1.165) is 21.6 Å². The van der Waals surface area contributed by atoms with Gasteiger partial charge in [0.05, 0.1) is 24.5 Å². The van der Waals surface area contributed by atoms with Crippen molar-refractivity contribution in [2.45, 2.75) is 20.4 Å². The summed E-state index contributed by atoms with van der Waals surface area (Å²) in [6, 6.07) is 17.1. The summed E-state index contributed by atoms with van der Waals surface area (Å²) in [4.78, 5) is 31.7. The minimum absolute atomic E-state index is 0.185. The zero-order chi connectivity index (χ0) is 22.5. The van der Waals surface area contributed by atoms with E-state index < -0.39 is 5.91 Å². The number of carbonyl (C=O) groups is 1. The standard InChI is InChI=1S/C24H22N4O3S/c1-3-31-19-12-8-7-11-18(19)13-26-27-20(29)14-28-15-25-23-22(24(28)30)21(16(2)32-23)17-9-5-4-6-10-17/h4-13,15H,3,14H2,1-2H3,(H,27,29). The molecule has 0 unspecified atom stereocenters. The fraction of sp³-hybridized carbons (Fsp3) is 0.167. The van der Waals surface area contributed by atoms with Gasteiger partial charge in [-0.05, 0) is 31.5 Å². The lowest BCUT2D eigenvalue weighted by atomic mass is 10.0. The number of aryl methyl sites for hydroxylation is 1. The highest BCUT2D eigenvalue weighted by Gasteiger charge is 2.17. The van der Waals surface area contributed by atoms with Crippen molar-refractivity contribution in [3.05, 3.63) is 81.7 Å². The summed E-state index contributed by atoms with van der Waals surface area (Å²) in [7, 11) is 0. The fourth-order valence-electron chi connectivity index (χ4n) is 3.44. The van der Waals surface area contributed by atoms with Crippen LogP contribution >= 0.6 is 11.3 Å². The number of rotatable bonds is 7. The van der Waals surface area contributed by atoms with E-state index in [0.29, 0.717) is 22.6 Å². The van der Waals surface area contributed by atoms with Gasteiger partial charge in [0.1, 0.15) is 17.1 Å². The second-order valence-electron chi connectivity index (χ2n) is 7.02. The number of thiophene rings is 1. The van der Waals surface area contributed by atoms with Gasteiger partial charge < -0.3 is 4.74 Å². The summed E-state index contributed by atoms with van der Waals surface area (Å²) in [5, 5.41) is 4.53. The van der Waals surface area contributed by atoms with E-state index in [4.69, 9.17) is 4.74 Å². The van der Waals surface area contributed by atoms with Crippen molar-refractivity contribution in [2.75, 3.05) is 6.61 Å². The Labute approximate surface area is 189 Å². The summed E-state index contributed by atoms with van der Waals surface area (Å²) >= 11 is 1.47. The Morgan fingerprint density at radius 2 is 1.94 bits per heavy atom. The maximum atomic E-state index is 13.2. The second kappa shape index (κ2) is 9.57. The molecule has 0 aliphatic heterocycles. The number of carbonyl (C=O) groups excluding carboxylic acids is 1. The monoisotopic (exact) mass is 446 g/mol. The molecule has 2 heterocycles. The summed E-state index contributed by atoms with van der Waals surface area (Å²) in [6.07, 6.45) is 2.92. The average molecular weight is 447 g/mol. The molecule has 1 amide bonds. The Morgan fingerprint density at radius 3 is 2.72 bits per heavy atom. The molecule has 2 aromatic heterocycles. The number of hydrogen-bond donors (Lipinski definition) is 1. The minimum Gasteiger partial charge on any atom is -0.493 e. The molecule has 32 heavy (non-hydrogen) atoms. The van der Waals surface area contributed by atoms with Gasteiger partial charge in [0.2, 0.25) is 0 Å². The van der Waals surface area contributed by atoms with Crippen LogP contribution in [0.15, 0.2) is 70.8 Å². The number of ether oxygens (including phenoxy) is 1. The lowest BCUT2D eigenvalue weighted by Gasteiger charge is -2.07.